The smallest absolute Gasteiger partial charge is 0.243 e. The Bertz CT molecular complexity index is 769. The van der Waals surface area contributed by atoms with Crippen LogP contribution in [0.15, 0.2) is 40.7 Å². The van der Waals surface area contributed by atoms with E-state index in [1.807, 2.05) is 24.4 Å². The van der Waals surface area contributed by atoms with Crippen molar-refractivity contribution in [2.45, 2.75) is 19.5 Å². The number of hydrogen-bond acceptors (Lipinski definition) is 3. The standard InChI is InChI=1S/C18H22F2N4OS.HI/c1-12(13-6-7-15(19)16(20)9-13)23-18(22-11-17(25)24(2)3)21-10-14-5-4-8-26-14;/h4-9,12H,10-11H2,1-3H3,(H2,21,22,23);1H. The van der Waals surface area contributed by atoms with Crippen LogP contribution in [0.1, 0.15) is 23.4 Å². The van der Waals surface area contributed by atoms with Gasteiger partial charge in [-0.3, -0.25) is 4.79 Å². The van der Waals surface area contributed by atoms with E-state index in [0.717, 1.165) is 17.0 Å². The Balaban J connectivity index is 0.00000364. The summed E-state index contributed by atoms with van der Waals surface area (Å²) in [5.74, 6) is -1.50. The number of thiophene rings is 1. The average Bonchev–Trinajstić information content (AvgIpc) is 3.12. The summed E-state index contributed by atoms with van der Waals surface area (Å²) in [4.78, 5) is 18.6. The number of nitrogens with one attached hydrogen (secondary N) is 2. The van der Waals surface area contributed by atoms with Gasteiger partial charge in [0.2, 0.25) is 5.91 Å². The molecule has 1 heterocycles. The molecular weight excluding hydrogens is 485 g/mol. The van der Waals surface area contributed by atoms with Crippen LogP contribution in [0.25, 0.3) is 0 Å². The Morgan fingerprint density at radius 1 is 1.26 bits per heavy atom. The van der Waals surface area contributed by atoms with Gasteiger partial charge in [-0.15, -0.1) is 35.3 Å². The lowest BCUT2D eigenvalue weighted by Gasteiger charge is -2.19. The van der Waals surface area contributed by atoms with E-state index in [4.69, 9.17) is 0 Å². The molecule has 2 rings (SSSR count). The molecule has 1 unspecified atom stereocenters. The quantitative estimate of drug-likeness (QED) is 0.357. The molecule has 2 aromatic rings. The SMILES string of the molecule is CC(NC(=NCC(=O)N(C)C)NCc1cccs1)c1ccc(F)c(F)c1.I. The van der Waals surface area contributed by atoms with Crippen molar-refractivity contribution in [3.05, 3.63) is 57.8 Å². The van der Waals surface area contributed by atoms with Crippen LogP contribution >= 0.6 is 35.3 Å². The summed E-state index contributed by atoms with van der Waals surface area (Å²) in [6.45, 7) is 2.34. The zero-order valence-electron chi connectivity index (χ0n) is 15.3. The highest BCUT2D eigenvalue weighted by Crippen LogP contribution is 2.16. The summed E-state index contributed by atoms with van der Waals surface area (Å²) >= 11 is 1.60. The third-order valence-electron chi connectivity index (χ3n) is 3.68. The van der Waals surface area contributed by atoms with E-state index in [1.54, 1.807) is 25.4 Å². The van der Waals surface area contributed by atoms with E-state index in [1.165, 1.54) is 11.0 Å². The normalized spacial score (nSPS) is 12.1. The van der Waals surface area contributed by atoms with Crippen molar-refractivity contribution in [3.63, 3.8) is 0 Å². The number of benzene rings is 1. The van der Waals surface area contributed by atoms with Crippen LogP contribution in [0, 0.1) is 11.6 Å². The zero-order valence-corrected chi connectivity index (χ0v) is 18.5. The number of carbonyl (C=O) groups excluding carboxylic acids is 1. The number of nitrogens with zero attached hydrogens (tertiary/aromatic N) is 2. The van der Waals surface area contributed by atoms with Gasteiger partial charge in [-0.05, 0) is 36.1 Å². The van der Waals surface area contributed by atoms with E-state index < -0.39 is 11.6 Å². The Morgan fingerprint density at radius 3 is 2.59 bits per heavy atom. The monoisotopic (exact) mass is 508 g/mol. The van der Waals surface area contributed by atoms with Gasteiger partial charge < -0.3 is 15.5 Å². The summed E-state index contributed by atoms with van der Waals surface area (Å²) < 4.78 is 26.6. The lowest BCUT2D eigenvalue weighted by atomic mass is 10.1. The number of aliphatic imine (C=N–C) groups is 1. The number of guanidine groups is 1. The fourth-order valence-corrected chi connectivity index (χ4v) is 2.74. The van der Waals surface area contributed by atoms with Crippen LogP contribution in [-0.2, 0) is 11.3 Å². The molecule has 27 heavy (non-hydrogen) atoms. The molecule has 148 valence electrons. The molecule has 1 atom stereocenters. The first-order chi connectivity index (χ1) is 12.4. The van der Waals surface area contributed by atoms with Crippen molar-refractivity contribution in [3.8, 4) is 0 Å². The predicted octanol–water partition coefficient (Wildman–Crippen LogP) is 3.53. The molecule has 5 nitrogen and oxygen atoms in total. The first-order valence-electron chi connectivity index (χ1n) is 8.09. The second-order valence-electron chi connectivity index (χ2n) is 5.93. The van der Waals surface area contributed by atoms with Crippen LogP contribution in [0.4, 0.5) is 8.78 Å². The molecule has 0 aliphatic carbocycles. The molecule has 0 bridgehead atoms. The van der Waals surface area contributed by atoms with Crippen LogP contribution < -0.4 is 10.6 Å². The Labute approximate surface area is 178 Å². The van der Waals surface area contributed by atoms with Gasteiger partial charge in [0.25, 0.3) is 0 Å². The Hall–Kier alpha value is -1.75. The molecule has 0 saturated carbocycles. The highest BCUT2D eigenvalue weighted by Gasteiger charge is 2.12. The van der Waals surface area contributed by atoms with Crippen LogP contribution in [0.2, 0.25) is 0 Å². The van der Waals surface area contributed by atoms with E-state index >= 15 is 0 Å². The molecule has 0 fully saturated rings. The van der Waals surface area contributed by atoms with E-state index in [0.29, 0.717) is 18.1 Å². The van der Waals surface area contributed by atoms with Gasteiger partial charge >= 0.3 is 0 Å². The molecular formula is C18H23F2IN4OS. The Kier molecular flexibility index (Phi) is 9.64. The number of amides is 1. The maximum absolute atomic E-state index is 13.5. The van der Waals surface area contributed by atoms with Crippen LogP contribution in [0.5, 0.6) is 0 Å². The van der Waals surface area contributed by atoms with E-state index in [2.05, 4.69) is 15.6 Å². The van der Waals surface area contributed by atoms with Gasteiger partial charge in [0.15, 0.2) is 17.6 Å². The molecule has 1 aromatic carbocycles. The predicted molar refractivity (Wildman–Crippen MR) is 115 cm³/mol. The van der Waals surface area contributed by atoms with Gasteiger partial charge in [-0.2, -0.15) is 0 Å². The molecule has 0 spiro atoms. The maximum atomic E-state index is 13.5. The lowest BCUT2D eigenvalue weighted by Crippen LogP contribution is -2.39. The number of hydrogen-bond donors (Lipinski definition) is 2. The highest BCUT2D eigenvalue weighted by atomic mass is 127. The van der Waals surface area contributed by atoms with Crippen molar-refractivity contribution < 1.29 is 13.6 Å². The number of likely N-dealkylation sites (N-methyl/N-ethyl adjacent to an activating group) is 1. The summed E-state index contributed by atoms with van der Waals surface area (Å²) in [7, 11) is 3.32. The molecule has 0 aliphatic heterocycles. The second kappa shape index (κ2) is 11.2. The van der Waals surface area contributed by atoms with Gasteiger partial charge in [-0.1, -0.05) is 12.1 Å². The van der Waals surface area contributed by atoms with Gasteiger partial charge in [-0.25, -0.2) is 13.8 Å². The first kappa shape index (κ1) is 23.3. The van der Waals surface area contributed by atoms with Crippen LogP contribution in [-0.4, -0.2) is 37.4 Å². The molecule has 1 aromatic heterocycles. The number of rotatable bonds is 6. The van der Waals surface area contributed by atoms with E-state index in [-0.39, 0.29) is 42.5 Å². The van der Waals surface area contributed by atoms with E-state index in [9.17, 15) is 13.6 Å². The van der Waals surface area contributed by atoms with Crippen LogP contribution in [0.3, 0.4) is 0 Å². The topological polar surface area (TPSA) is 56.7 Å². The highest BCUT2D eigenvalue weighted by molar-refractivity contribution is 14.0. The fourth-order valence-electron chi connectivity index (χ4n) is 2.09. The first-order valence-corrected chi connectivity index (χ1v) is 8.97. The number of carbonyl (C=O) groups is 1. The summed E-state index contributed by atoms with van der Waals surface area (Å²) in [6, 6.07) is 7.36. The largest absolute Gasteiger partial charge is 0.351 e. The molecule has 0 radical (unpaired) electrons. The molecule has 2 N–H and O–H groups in total. The maximum Gasteiger partial charge on any atom is 0.243 e. The van der Waals surface area contributed by atoms with Gasteiger partial charge in [0.05, 0.1) is 12.6 Å². The van der Waals surface area contributed by atoms with Crippen molar-refractivity contribution in [2.24, 2.45) is 4.99 Å². The minimum absolute atomic E-state index is 0. The summed E-state index contributed by atoms with van der Waals surface area (Å²) in [5, 5.41) is 8.25. The summed E-state index contributed by atoms with van der Waals surface area (Å²) in [6.07, 6.45) is 0. The zero-order chi connectivity index (χ0) is 19.1. The molecule has 0 aliphatic rings. The van der Waals surface area contributed by atoms with Crippen molar-refractivity contribution in [2.75, 3.05) is 20.6 Å². The Morgan fingerprint density at radius 2 is 2.00 bits per heavy atom. The van der Waals surface area contributed by atoms with Gasteiger partial charge in [0, 0.05) is 19.0 Å². The third-order valence-corrected chi connectivity index (χ3v) is 4.55. The second-order valence-corrected chi connectivity index (χ2v) is 6.96. The molecule has 1 amide bonds. The molecule has 0 saturated heterocycles. The number of halogens is 3. The average molecular weight is 508 g/mol. The lowest BCUT2D eigenvalue weighted by molar-refractivity contribution is -0.127. The van der Waals surface area contributed by atoms with Crippen molar-refractivity contribution >= 4 is 47.2 Å². The fraction of sp³-hybridized carbons (Fsp3) is 0.333. The third kappa shape index (κ3) is 7.41. The van der Waals surface area contributed by atoms with Gasteiger partial charge in [0.1, 0.15) is 6.54 Å². The minimum Gasteiger partial charge on any atom is -0.351 e. The minimum atomic E-state index is -0.899. The summed E-state index contributed by atoms with van der Waals surface area (Å²) in [5.41, 5.74) is 0.577. The molecule has 9 heteroatoms. The van der Waals surface area contributed by atoms with Crippen molar-refractivity contribution in [1.82, 2.24) is 15.5 Å². The van der Waals surface area contributed by atoms with Crippen molar-refractivity contribution in [1.29, 1.82) is 0 Å².